The van der Waals surface area contributed by atoms with Crippen molar-refractivity contribution in [2.75, 3.05) is 0 Å². The van der Waals surface area contributed by atoms with Crippen LogP contribution in [-0.2, 0) is 6.54 Å². The minimum Gasteiger partial charge on any atom is -0.459 e. The Hall–Kier alpha value is -2.04. The maximum Gasteiger partial charge on any atom is 0.638 e. The summed E-state index contributed by atoms with van der Waals surface area (Å²) < 4.78 is 3.05. The Balaban J connectivity index is 2.40. The van der Waals surface area contributed by atoms with Crippen molar-refractivity contribution >= 4 is 34.1 Å². The standard InChI is InChI=1S/C16H12Cl2N2O2/c1-2-19-14-6-4-3-5-11(14)15(21)20(16(19)22)10-7-8-12(17)13(18)9-10/h3-9H,2H2,1H3/p+2. The second kappa shape index (κ2) is 5.63. The number of aromatic nitrogens is 2. The third-order valence-electron chi connectivity index (χ3n) is 3.57. The third kappa shape index (κ3) is 2.25. The molecule has 2 aromatic carbocycles. The average Bonchev–Trinajstić information content (AvgIpc) is 2.51. The van der Waals surface area contributed by atoms with Gasteiger partial charge in [0, 0.05) is 18.2 Å². The summed E-state index contributed by atoms with van der Waals surface area (Å²) in [6.07, 6.45) is 0. The van der Waals surface area contributed by atoms with Gasteiger partial charge in [-0.15, -0.1) is 0 Å². The van der Waals surface area contributed by atoms with Gasteiger partial charge in [-0.25, -0.2) is 0 Å². The van der Waals surface area contributed by atoms with Crippen molar-refractivity contribution in [2.45, 2.75) is 13.5 Å². The first-order valence-electron chi connectivity index (χ1n) is 6.78. The summed E-state index contributed by atoms with van der Waals surface area (Å²) in [6.45, 7) is 2.47. The van der Waals surface area contributed by atoms with Crippen LogP contribution in [0.3, 0.4) is 0 Å². The van der Waals surface area contributed by atoms with E-state index in [1.807, 2.05) is 25.1 Å². The molecule has 2 N–H and O–H groups in total. The van der Waals surface area contributed by atoms with Crippen molar-refractivity contribution in [3.05, 3.63) is 52.5 Å². The zero-order valence-electron chi connectivity index (χ0n) is 11.8. The van der Waals surface area contributed by atoms with Gasteiger partial charge in [0.2, 0.25) is 11.2 Å². The molecule has 0 aliphatic rings. The van der Waals surface area contributed by atoms with Crippen LogP contribution in [0.2, 0.25) is 10.0 Å². The summed E-state index contributed by atoms with van der Waals surface area (Å²) in [5, 5.41) is 22.5. The minimum atomic E-state index is -0.0860. The fraction of sp³-hybridized carbons (Fsp3) is 0.125. The van der Waals surface area contributed by atoms with Crippen LogP contribution >= 0.6 is 23.2 Å². The van der Waals surface area contributed by atoms with Gasteiger partial charge in [-0.3, -0.25) is 0 Å². The van der Waals surface area contributed by atoms with Gasteiger partial charge in [0.25, 0.3) is 0 Å². The second-order valence-corrected chi connectivity index (χ2v) is 5.63. The molecule has 0 unspecified atom stereocenters. The average molecular weight is 337 g/mol. The summed E-state index contributed by atoms with van der Waals surface area (Å²) in [5.41, 5.74) is 1.27. The summed E-state index contributed by atoms with van der Waals surface area (Å²) in [7, 11) is 0. The molecule has 4 nitrogen and oxygen atoms in total. The molecule has 0 atom stereocenters. The molecule has 22 heavy (non-hydrogen) atoms. The molecule has 0 bridgehead atoms. The number of hydrogen-bond donors (Lipinski definition) is 2. The fourth-order valence-electron chi connectivity index (χ4n) is 2.52. The second-order valence-electron chi connectivity index (χ2n) is 4.82. The Labute approximate surface area is 137 Å². The maximum atomic E-state index is 10.6. The van der Waals surface area contributed by atoms with Crippen molar-refractivity contribution in [3.63, 3.8) is 0 Å². The van der Waals surface area contributed by atoms with Gasteiger partial charge in [0.15, 0.2) is 11.9 Å². The van der Waals surface area contributed by atoms with Crippen molar-refractivity contribution in [1.29, 1.82) is 0 Å². The van der Waals surface area contributed by atoms with E-state index in [4.69, 9.17) is 23.2 Å². The molecule has 112 valence electrons. The van der Waals surface area contributed by atoms with Gasteiger partial charge in [-0.05, 0) is 23.6 Å². The topological polar surface area (TPSA) is 48.2 Å². The van der Waals surface area contributed by atoms with Gasteiger partial charge < -0.3 is 10.2 Å². The number of hydrogen-bond acceptors (Lipinski definition) is 2. The van der Waals surface area contributed by atoms with Crippen LogP contribution in [0.25, 0.3) is 16.6 Å². The SMILES string of the molecule is CC[n+]1c(O)[n+](-c2ccc(Cl)c(Cl)c2)c(O)c2ccccc21. The highest BCUT2D eigenvalue weighted by Gasteiger charge is 2.34. The quantitative estimate of drug-likeness (QED) is 0.706. The maximum absolute atomic E-state index is 10.6. The number of aryl methyl sites for hydroxylation is 1. The van der Waals surface area contributed by atoms with Crippen LogP contribution in [0, 0.1) is 0 Å². The lowest BCUT2D eigenvalue weighted by Gasteiger charge is -2.04. The van der Waals surface area contributed by atoms with Gasteiger partial charge in [0.05, 0.1) is 10.0 Å². The fourth-order valence-corrected chi connectivity index (χ4v) is 2.81. The lowest BCUT2D eigenvalue weighted by molar-refractivity contribution is -0.779. The van der Waals surface area contributed by atoms with E-state index in [0.29, 0.717) is 27.7 Å². The number of para-hydroxylation sites is 1. The molecule has 0 aliphatic carbocycles. The molecule has 0 aliphatic heterocycles. The largest absolute Gasteiger partial charge is 0.638 e. The Bertz CT molecular complexity index is 882. The molecular weight excluding hydrogens is 323 g/mol. The van der Waals surface area contributed by atoms with E-state index in [1.54, 1.807) is 28.8 Å². The Morgan fingerprint density at radius 3 is 2.41 bits per heavy atom. The monoisotopic (exact) mass is 336 g/mol. The van der Waals surface area contributed by atoms with Gasteiger partial charge >= 0.3 is 11.9 Å². The van der Waals surface area contributed by atoms with Crippen molar-refractivity contribution < 1.29 is 19.3 Å². The molecule has 3 rings (SSSR count). The Morgan fingerprint density at radius 1 is 1.00 bits per heavy atom. The smallest absolute Gasteiger partial charge is 0.459 e. The highest BCUT2D eigenvalue weighted by molar-refractivity contribution is 6.42. The first kappa shape index (κ1) is 14.9. The van der Waals surface area contributed by atoms with Gasteiger partial charge in [0.1, 0.15) is 0 Å². The minimum absolute atomic E-state index is 0.0591. The number of benzene rings is 2. The predicted molar refractivity (Wildman–Crippen MR) is 84.7 cm³/mol. The van der Waals surface area contributed by atoms with E-state index in [2.05, 4.69) is 0 Å². The van der Waals surface area contributed by atoms with E-state index < -0.39 is 0 Å². The number of rotatable bonds is 2. The molecule has 1 heterocycles. The molecule has 1 aromatic heterocycles. The van der Waals surface area contributed by atoms with Crippen LogP contribution in [0.15, 0.2) is 42.5 Å². The van der Waals surface area contributed by atoms with Crippen molar-refractivity contribution in [3.8, 4) is 17.6 Å². The Kier molecular flexibility index (Phi) is 3.81. The zero-order valence-corrected chi connectivity index (χ0v) is 13.3. The number of nitrogens with zero attached hydrogens (tertiary/aromatic N) is 2. The van der Waals surface area contributed by atoms with E-state index in [1.165, 1.54) is 4.57 Å². The highest BCUT2D eigenvalue weighted by Crippen LogP contribution is 2.26. The number of aromatic hydroxyl groups is 2. The molecule has 0 saturated carbocycles. The van der Waals surface area contributed by atoms with Gasteiger partial charge in [-0.2, -0.15) is 0 Å². The first-order chi connectivity index (χ1) is 10.5. The molecule has 6 heteroatoms. The first-order valence-corrected chi connectivity index (χ1v) is 7.54. The lowest BCUT2D eigenvalue weighted by atomic mass is 10.2. The normalized spacial score (nSPS) is 11.0. The van der Waals surface area contributed by atoms with E-state index >= 15 is 0 Å². The van der Waals surface area contributed by atoms with Crippen LogP contribution in [0.1, 0.15) is 6.92 Å². The molecule has 0 radical (unpaired) electrons. The molecule has 0 fully saturated rings. The van der Waals surface area contributed by atoms with Gasteiger partial charge in [-0.1, -0.05) is 39.9 Å². The van der Waals surface area contributed by atoms with Crippen LogP contribution in [0.4, 0.5) is 0 Å². The summed E-state index contributed by atoms with van der Waals surface area (Å²) in [4.78, 5) is 0. The van der Waals surface area contributed by atoms with Crippen LogP contribution in [0.5, 0.6) is 11.9 Å². The molecule has 0 saturated heterocycles. The van der Waals surface area contributed by atoms with Crippen LogP contribution in [-0.4, -0.2) is 10.2 Å². The van der Waals surface area contributed by atoms with E-state index in [-0.39, 0.29) is 11.9 Å². The number of fused-ring (bicyclic) bond motifs is 1. The Morgan fingerprint density at radius 2 is 1.73 bits per heavy atom. The van der Waals surface area contributed by atoms with E-state index in [9.17, 15) is 10.2 Å². The summed E-state index contributed by atoms with van der Waals surface area (Å²) in [6, 6.07) is 12.1. The lowest BCUT2D eigenvalue weighted by Crippen LogP contribution is -2.46. The highest BCUT2D eigenvalue weighted by atomic mass is 35.5. The molecule has 0 amide bonds. The van der Waals surface area contributed by atoms with Crippen LogP contribution < -0.4 is 9.13 Å². The predicted octanol–water partition coefficient (Wildman–Crippen LogP) is 3.14. The third-order valence-corrected chi connectivity index (χ3v) is 4.31. The zero-order chi connectivity index (χ0) is 15.9. The molecule has 3 aromatic rings. The number of halogens is 2. The van der Waals surface area contributed by atoms with Crippen molar-refractivity contribution in [1.82, 2.24) is 0 Å². The molecule has 0 spiro atoms. The van der Waals surface area contributed by atoms with E-state index in [0.717, 1.165) is 5.52 Å². The summed E-state index contributed by atoms with van der Waals surface area (Å²) in [5.74, 6) is -0.0591. The van der Waals surface area contributed by atoms with Crippen molar-refractivity contribution in [2.24, 2.45) is 0 Å². The molecular formula is C16H14Cl2N2O2+2. The summed E-state index contributed by atoms with van der Waals surface area (Å²) >= 11 is 12.0.